The van der Waals surface area contributed by atoms with Crippen LogP contribution in [0.15, 0.2) is 60.9 Å². The molecule has 0 radical (unpaired) electrons. The highest BCUT2D eigenvalue weighted by Gasteiger charge is 2.28. The van der Waals surface area contributed by atoms with E-state index in [1.807, 2.05) is 24.3 Å². The number of hydrogen-bond acceptors (Lipinski definition) is 5. The Balaban J connectivity index is 1.45. The molecule has 2 aromatic heterocycles. The Bertz CT molecular complexity index is 958. The van der Waals surface area contributed by atoms with Gasteiger partial charge in [-0.05, 0) is 61.2 Å². The molecule has 1 atom stereocenters. The summed E-state index contributed by atoms with van der Waals surface area (Å²) in [5, 5.41) is 8.57. The third-order valence-electron chi connectivity index (χ3n) is 5.16. The summed E-state index contributed by atoms with van der Waals surface area (Å²) in [6.45, 7) is 2.79. The molecule has 3 heterocycles. The summed E-state index contributed by atoms with van der Waals surface area (Å²) in [6.07, 6.45) is 5.28. The smallest absolute Gasteiger partial charge is 0.274 e. The molecule has 1 amide bonds. The summed E-state index contributed by atoms with van der Waals surface area (Å²) >= 11 is 0. The van der Waals surface area contributed by atoms with Crippen molar-refractivity contribution in [2.24, 2.45) is 0 Å². The highest BCUT2D eigenvalue weighted by Crippen LogP contribution is 2.36. The van der Waals surface area contributed by atoms with E-state index in [-0.39, 0.29) is 5.91 Å². The lowest BCUT2D eigenvalue weighted by atomic mass is 10.1. The fraction of sp³-hybridized carbons (Fsp3) is 0.273. The van der Waals surface area contributed by atoms with Crippen molar-refractivity contribution in [2.75, 3.05) is 18.5 Å². The molecule has 1 aromatic carbocycles. The summed E-state index contributed by atoms with van der Waals surface area (Å²) < 4.78 is 0. The number of nitrogens with zero attached hydrogens (tertiary/aromatic N) is 5. The third-order valence-corrected chi connectivity index (χ3v) is 5.16. The summed E-state index contributed by atoms with van der Waals surface area (Å²) in [4.78, 5) is 20.5. The average molecular weight is 373 g/mol. The van der Waals surface area contributed by atoms with E-state index >= 15 is 0 Å². The van der Waals surface area contributed by atoms with E-state index in [0.29, 0.717) is 18.3 Å². The number of carbonyl (C=O) groups excluding carboxylic acids is 1. The number of anilines is 2. The molecule has 28 heavy (non-hydrogen) atoms. The molecule has 0 spiro atoms. The van der Waals surface area contributed by atoms with Gasteiger partial charge in [0.2, 0.25) is 0 Å². The topological polar surface area (TPSA) is 62.2 Å². The number of benzene rings is 1. The Morgan fingerprint density at radius 3 is 2.64 bits per heavy atom. The Hall–Kier alpha value is -3.28. The number of hydrogen-bond donors (Lipinski definition) is 0. The van der Waals surface area contributed by atoms with Crippen molar-refractivity contribution < 1.29 is 4.79 Å². The molecule has 0 saturated carbocycles. The first-order valence-corrected chi connectivity index (χ1v) is 9.48. The molecule has 1 aliphatic rings. The van der Waals surface area contributed by atoms with Crippen LogP contribution in [0.2, 0.25) is 0 Å². The highest BCUT2D eigenvalue weighted by atomic mass is 16.2. The number of aromatic nitrogens is 3. The van der Waals surface area contributed by atoms with Crippen LogP contribution in [-0.4, -0.2) is 45.6 Å². The lowest BCUT2D eigenvalue weighted by molar-refractivity contribution is 0.0789. The van der Waals surface area contributed by atoms with Gasteiger partial charge >= 0.3 is 0 Å². The maximum atomic E-state index is 12.7. The van der Waals surface area contributed by atoms with Crippen molar-refractivity contribution in [3.8, 4) is 0 Å². The third kappa shape index (κ3) is 3.58. The van der Waals surface area contributed by atoms with E-state index in [9.17, 15) is 4.79 Å². The Morgan fingerprint density at radius 2 is 1.89 bits per heavy atom. The molecule has 142 valence electrons. The molecule has 6 heteroatoms. The summed E-state index contributed by atoms with van der Waals surface area (Å²) in [7, 11) is 1.79. The van der Waals surface area contributed by atoms with Crippen molar-refractivity contribution in [2.45, 2.75) is 25.8 Å². The Morgan fingerprint density at radius 1 is 1.11 bits per heavy atom. The quantitative estimate of drug-likeness (QED) is 0.687. The Labute approximate surface area is 164 Å². The zero-order chi connectivity index (χ0) is 19.5. The zero-order valence-electron chi connectivity index (χ0n) is 16.1. The average Bonchev–Trinajstić information content (AvgIpc) is 3.08. The lowest BCUT2D eigenvalue weighted by Gasteiger charge is -2.23. The van der Waals surface area contributed by atoms with Crippen molar-refractivity contribution in [3.63, 3.8) is 0 Å². The van der Waals surface area contributed by atoms with Gasteiger partial charge in [-0.15, -0.1) is 10.2 Å². The number of likely N-dealkylation sites (N-methyl/N-ethyl adjacent to an activating group) is 1. The monoisotopic (exact) mass is 373 g/mol. The predicted molar refractivity (Wildman–Crippen MR) is 109 cm³/mol. The molecule has 4 rings (SSSR count). The van der Waals surface area contributed by atoms with Gasteiger partial charge in [-0.1, -0.05) is 18.2 Å². The highest BCUT2D eigenvalue weighted by molar-refractivity contribution is 5.92. The van der Waals surface area contributed by atoms with E-state index in [1.165, 1.54) is 5.56 Å². The van der Waals surface area contributed by atoms with Gasteiger partial charge in [0, 0.05) is 37.7 Å². The molecule has 0 fully saturated rings. The minimum Gasteiger partial charge on any atom is -0.340 e. The van der Waals surface area contributed by atoms with Crippen LogP contribution in [0.3, 0.4) is 0 Å². The van der Waals surface area contributed by atoms with Crippen molar-refractivity contribution >= 4 is 17.4 Å². The van der Waals surface area contributed by atoms with E-state index in [4.69, 9.17) is 0 Å². The minimum absolute atomic E-state index is 0.122. The zero-order valence-corrected chi connectivity index (χ0v) is 16.1. The molecule has 0 bridgehead atoms. The molecule has 0 saturated heterocycles. The predicted octanol–water partition coefficient (Wildman–Crippen LogP) is 3.27. The normalized spacial score (nSPS) is 15.4. The van der Waals surface area contributed by atoms with Crippen LogP contribution in [0.25, 0.3) is 0 Å². The number of para-hydroxylation sites is 1. The number of rotatable bonds is 5. The Kier molecular flexibility index (Phi) is 5.02. The van der Waals surface area contributed by atoms with Gasteiger partial charge in [-0.3, -0.25) is 9.78 Å². The second-order valence-electron chi connectivity index (χ2n) is 7.16. The fourth-order valence-electron chi connectivity index (χ4n) is 3.63. The second-order valence-corrected chi connectivity index (χ2v) is 7.16. The fourth-order valence-corrected chi connectivity index (χ4v) is 3.63. The minimum atomic E-state index is -0.122. The van der Waals surface area contributed by atoms with Gasteiger partial charge in [0.15, 0.2) is 11.5 Å². The summed E-state index contributed by atoms with van der Waals surface area (Å²) in [5.41, 5.74) is 3.99. The molecule has 0 aliphatic carbocycles. The number of pyridine rings is 1. The molecule has 0 N–H and O–H groups in total. The molecule has 3 aromatic rings. The summed E-state index contributed by atoms with van der Waals surface area (Å²) in [6, 6.07) is 16.2. The van der Waals surface area contributed by atoms with E-state index < -0.39 is 0 Å². The first kappa shape index (κ1) is 18.1. The van der Waals surface area contributed by atoms with E-state index in [2.05, 4.69) is 45.2 Å². The number of amides is 1. The lowest BCUT2D eigenvalue weighted by Crippen LogP contribution is -2.30. The molecule has 6 nitrogen and oxygen atoms in total. The van der Waals surface area contributed by atoms with Crippen molar-refractivity contribution in [3.05, 3.63) is 77.7 Å². The second kappa shape index (κ2) is 7.76. The van der Waals surface area contributed by atoms with Gasteiger partial charge in [-0.2, -0.15) is 0 Å². The van der Waals surface area contributed by atoms with Crippen LogP contribution in [0, 0.1) is 0 Å². The standard InChI is InChI=1S/C22H23N5O/c1-16-15-18-5-3-4-6-20(18)27(16)21-8-7-19(24-25-21)22(28)26(2)14-11-17-9-12-23-13-10-17/h3-10,12-13,16H,11,14-15H2,1-2H3. The van der Waals surface area contributed by atoms with Gasteiger partial charge in [0.05, 0.1) is 0 Å². The van der Waals surface area contributed by atoms with E-state index in [1.54, 1.807) is 30.4 Å². The van der Waals surface area contributed by atoms with Crippen LogP contribution in [-0.2, 0) is 12.8 Å². The maximum Gasteiger partial charge on any atom is 0.274 e. The number of fused-ring (bicyclic) bond motifs is 1. The largest absolute Gasteiger partial charge is 0.340 e. The van der Waals surface area contributed by atoms with Crippen LogP contribution in [0.4, 0.5) is 11.5 Å². The van der Waals surface area contributed by atoms with Crippen molar-refractivity contribution in [1.29, 1.82) is 0 Å². The SMILES string of the molecule is CC1Cc2ccccc2N1c1ccc(C(=O)N(C)CCc2ccncc2)nn1. The number of carbonyl (C=O) groups is 1. The van der Waals surface area contributed by atoms with Gasteiger partial charge in [0.25, 0.3) is 5.91 Å². The van der Waals surface area contributed by atoms with Crippen molar-refractivity contribution in [1.82, 2.24) is 20.1 Å². The first-order valence-electron chi connectivity index (χ1n) is 9.48. The molecular weight excluding hydrogens is 350 g/mol. The first-order chi connectivity index (χ1) is 13.6. The van der Waals surface area contributed by atoms with Crippen LogP contribution < -0.4 is 4.90 Å². The summed E-state index contributed by atoms with van der Waals surface area (Å²) in [5.74, 6) is 0.649. The van der Waals surface area contributed by atoms with Gasteiger partial charge < -0.3 is 9.80 Å². The molecule has 1 aliphatic heterocycles. The van der Waals surface area contributed by atoms with Crippen LogP contribution in [0.5, 0.6) is 0 Å². The molecular formula is C22H23N5O. The maximum absolute atomic E-state index is 12.7. The molecule has 1 unspecified atom stereocenters. The van der Waals surface area contributed by atoms with E-state index in [0.717, 1.165) is 29.9 Å². The van der Waals surface area contributed by atoms with Gasteiger partial charge in [0.1, 0.15) is 0 Å². The van der Waals surface area contributed by atoms with Gasteiger partial charge in [-0.25, -0.2) is 0 Å². The van der Waals surface area contributed by atoms with Crippen LogP contribution in [0.1, 0.15) is 28.5 Å². The van der Waals surface area contributed by atoms with Crippen LogP contribution >= 0.6 is 0 Å².